The molecule has 34 heavy (non-hydrogen) atoms. The van der Waals surface area contributed by atoms with Crippen LogP contribution in [0.15, 0.2) is 40.9 Å². The van der Waals surface area contributed by atoms with Gasteiger partial charge in [-0.25, -0.2) is 0 Å². The van der Waals surface area contributed by atoms with Crippen LogP contribution in [-0.4, -0.2) is 58.1 Å². The van der Waals surface area contributed by atoms with E-state index < -0.39 is 0 Å². The van der Waals surface area contributed by atoms with E-state index in [9.17, 15) is 4.79 Å². The van der Waals surface area contributed by atoms with Crippen LogP contribution < -0.4 is 5.32 Å². The van der Waals surface area contributed by atoms with Gasteiger partial charge in [0.15, 0.2) is 0 Å². The number of nitrogens with zero attached hydrogens (tertiary/aromatic N) is 4. The first-order valence-electron chi connectivity index (χ1n) is 11.7. The van der Waals surface area contributed by atoms with Gasteiger partial charge in [-0.2, -0.15) is 4.98 Å². The Morgan fingerprint density at radius 1 is 1.00 bits per heavy atom. The third-order valence-corrected chi connectivity index (χ3v) is 6.91. The number of nitrogens with one attached hydrogen (secondary N) is 1. The Hall–Kier alpha value is -2.74. The predicted molar refractivity (Wildman–Crippen MR) is 135 cm³/mol. The van der Waals surface area contributed by atoms with Crippen LogP contribution in [0.4, 0.5) is 5.69 Å². The Morgan fingerprint density at radius 3 is 2.29 bits per heavy atom. The molecule has 0 spiro atoms. The van der Waals surface area contributed by atoms with Crippen molar-refractivity contribution in [2.45, 2.75) is 46.7 Å². The molecule has 1 fully saturated rings. The molecule has 1 aromatic heterocycles. The summed E-state index contributed by atoms with van der Waals surface area (Å²) in [5, 5.41) is 7.77. The molecule has 1 aliphatic rings. The number of aryl methyl sites for hydroxylation is 3. The lowest BCUT2D eigenvalue weighted by atomic mass is 10.1. The minimum absolute atomic E-state index is 0.00648. The van der Waals surface area contributed by atoms with Crippen LogP contribution in [0.5, 0.6) is 0 Å². The minimum Gasteiger partial charge on any atom is -0.337 e. The van der Waals surface area contributed by atoms with Crippen molar-refractivity contribution >= 4 is 23.2 Å². The molecule has 0 saturated carbocycles. The first-order valence-corrected chi connectivity index (χ1v) is 12.1. The highest BCUT2D eigenvalue weighted by atomic mass is 35.5. The lowest BCUT2D eigenvalue weighted by molar-refractivity contribution is -0.121. The van der Waals surface area contributed by atoms with Gasteiger partial charge < -0.3 is 9.84 Å². The van der Waals surface area contributed by atoms with Crippen molar-refractivity contribution in [1.82, 2.24) is 19.9 Å². The maximum Gasteiger partial charge on any atom is 0.244 e. The molecule has 7 nitrogen and oxygen atoms in total. The summed E-state index contributed by atoms with van der Waals surface area (Å²) in [6.07, 6.45) is 0. The van der Waals surface area contributed by atoms with E-state index in [1.807, 2.05) is 57.2 Å². The Morgan fingerprint density at radius 2 is 1.65 bits per heavy atom. The summed E-state index contributed by atoms with van der Waals surface area (Å²) < 4.78 is 5.58. The smallest absolute Gasteiger partial charge is 0.244 e. The van der Waals surface area contributed by atoms with Gasteiger partial charge in [0.05, 0.1) is 22.8 Å². The van der Waals surface area contributed by atoms with Crippen molar-refractivity contribution in [2.24, 2.45) is 0 Å². The summed E-state index contributed by atoms with van der Waals surface area (Å²) in [7, 11) is 0. The van der Waals surface area contributed by atoms with Gasteiger partial charge in [0.2, 0.25) is 17.6 Å². The number of hydrogen-bond donors (Lipinski definition) is 1. The highest BCUT2D eigenvalue weighted by Gasteiger charge is 2.30. The average Bonchev–Trinajstić information content (AvgIpc) is 3.31. The fourth-order valence-electron chi connectivity index (χ4n) is 4.36. The number of rotatable bonds is 6. The van der Waals surface area contributed by atoms with E-state index in [0.29, 0.717) is 22.4 Å². The quantitative estimate of drug-likeness (QED) is 0.532. The summed E-state index contributed by atoms with van der Waals surface area (Å²) >= 11 is 6.37. The second-order valence-electron chi connectivity index (χ2n) is 9.17. The monoisotopic (exact) mass is 481 g/mol. The zero-order valence-corrected chi connectivity index (χ0v) is 21.2. The number of amides is 1. The van der Waals surface area contributed by atoms with Gasteiger partial charge in [-0.15, -0.1) is 0 Å². The Bertz CT molecular complexity index is 1130. The molecule has 0 radical (unpaired) electrons. The molecule has 2 heterocycles. The molecule has 3 aromatic rings. The van der Waals surface area contributed by atoms with Crippen LogP contribution in [0, 0.1) is 20.8 Å². The fourth-order valence-corrected chi connectivity index (χ4v) is 4.73. The summed E-state index contributed by atoms with van der Waals surface area (Å²) in [4.78, 5) is 22.1. The molecule has 0 bridgehead atoms. The number of halogens is 1. The van der Waals surface area contributed by atoms with Gasteiger partial charge in [-0.05, 0) is 51.8 Å². The van der Waals surface area contributed by atoms with Crippen molar-refractivity contribution in [2.75, 3.05) is 31.5 Å². The van der Waals surface area contributed by atoms with Crippen LogP contribution in [0.3, 0.4) is 0 Å². The highest BCUT2D eigenvalue weighted by molar-refractivity contribution is 6.34. The van der Waals surface area contributed by atoms with Gasteiger partial charge in [-0.1, -0.05) is 52.7 Å². The minimum atomic E-state index is -0.259. The van der Waals surface area contributed by atoms with Gasteiger partial charge in [0, 0.05) is 31.7 Å². The highest BCUT2D eigenvalue weighted by Crippen LogP contribution is 2.28. The molecule has 4 rings (SSSR count). The van der Waals surface area contributed by atoms with E-state index in [4.69, 9.17) is 16.1 Å². The number of carbonyl (C=O) groups is 1. The zero-order valence-electron chi connectivity index (χ0n) is 20.4. The summed E-state index contributed by atoms with van der Waals surface area (Å²) in [5.74, 6) is 1.17. The molecule has 8 heteroatoms. The van der Waals surface area contributed by atoms with Crippen molar-refractivity contribution in [3.8, 4) is 11.4 Å². The van der Waals surface area contributed by atoms with E-state index in [1.54, 1.807) is 0 Å². The topological polar surface area (TPSA) is 74.5 Å². The van der Waals surface area contributed by atoms with Crippen LogP contribution in [0.1, 0.15) is 42.5 Å². The van der Waals surface area contributed by atoms with E-state index in [2.05, 4.69) is 39.1 Å². The Kier molecular flexibility index (Phi) is 7.36. The van der Waals surface area contributed by atoms with Crippen LogP contribution in [0.2, 0.25) is 5.02 Å². The Balaban J connectivity index is 1.34. The van der Waals surface area contributed by atoms with E-state index in [1.165, 1.54) is 5.56 Å². The molecule has 2 aromatic carbocycles. The van der Waals surface area contributed by atoms with E-state index in [-0.39, 0.29) is 18.0 Å². The van der Waals surface area contributed by atoms with Crippen molar-refractivity contribution < 1.29 is 9.32 Å². The summed E-state index contributed by atoms with van der Waals surface area (Å²) in [5.41, 5.74) is 4.87. The van der Waals surface area contributed by atoms with Gasteiger partial charge in [-0.3, -0.25) is 14.6 Å². The zero-order chi connectivity index (χ0) is 24.4. The first kappa shape index (κ1) is 24.4. The number of aromatic nitrogens is 2. The molecule has 1 saturated heterocycles. The molecule has 1 aliphatic heterocycles. The van der Waals surface area contributed by atoms with Crippen LogP contribution >= 0.6 is 11.6 Å². The Labute approximate surface area is 206 Å². The van der Waals surface area contributed by atoms with Crippen LogP contribution in [-0.2, 0) is 4.79 Å². The largest absolute Gasteiger partial charge is 0.337 e. The molecule has 180 valence electrons. The van der Waals surface area contributed by atoms with E-state index in [0.717, 1.165) is 42.9 Å². The summed E-state index contributed by atoms with van der Waals surface area (Å²) in [6.45, 7) is 13.2. The van der Waals surface area contributed by atoms with Crippen molar-refractivity contribution in [1.29, 1.82) is 0 Å². The normalized spacial score (nSPS) is 16.9. The lowest BCUT2D eigenvalue weighted by Crippen LogP contribution is -2.53. The average molecular weight is 482 g/mol. The molecule has 1 amide bonds. The van der Waals surface area contributed by atoms with Crippen LogP contribution in [0.25, 0.3) is 11.4 Å². The fraction of sp³-hybridized carbons (Fsp3) is 0.423. The van der Waals surface area contributed by atoms with Gasteiger partial charge in [0.25, 0.3) is 0 Å². The third-order valence-electron chi connectivity index (χ3n) is 6.61. The predicted octanol–water partition coefficient (Wildman–Crippen LogP) is 5.02. The number of piperazine rings is 1. The van der Waals surface area contributed by atoms with Gasteiger partial charge in [0.1, 0.15) is 0 Å². The van der Waals surface area contributed by atoms with Crippen molar-refractivity contribution in [3.63, 3.8) is 0 Å². The second-order valence-corrected chi connectivity index (χ2v) is 9.58. The maximum atomic E-state index is 12.9. The summed E-state index contributed by atoms with van der Waals surface area (Å²) in [6, 6.07) is 11.7. The molecule has 2 unspecified atom stereocenters. The SMILES string of the molecule is Cc1ccc(-c2noc(C(C)N3CCN(C(C)C(=O)Nc4c(C)cc(C)cc4Cl)CC3)n2)cc1. The third kappa shape index (κ3) is 5.32. The maximum absolute atomic E-state index is 12.9. The molecule has 0 aliphatic carbocycles. The molecular weight excluding hydrogens is 450 g/mol. The van der Waals surface area contributed by atoms with Crippen molar-refractivity contribution in [3.05, 3.63) is 64.0 Å². The molecule has 2 atom stereocenters. The number of hydrogen-bond acceptors (Lipinski definition) is 6. The standard InChI is InChI=1S/C26H32ClN5O2/c1-16-6-8-21(9-7-16)24-29-26(34-30-24)20(5)32-12-10-31(11-13-32)19(4)25(33)28-23-18(3)14-17(2)15-22(23)27/h6-9,14-15,19-20H,10-13H2,1-5H3,(H,28,33). The molecule has 1 N–H and O–H groups in total. The van der Waals surface area contributed by atoms with Gasteiger partial charge >= 0.3 is 0 Å². The molecular formula is C26H32ClN5O2. The first-order chi connectivity index (χ1) is 16.2. The lowest BCUT2D eigenvalue weighted by Gasteiger charge is -2.39. The number of carbonyl (C=O) groups excluding carboxylic acids is 1. The second kappa shape index (κ2) is 10.3. The number of anilines is 1. The number of benzene rings is 2. The van der Waals surface area contributed by atoms with E-state index >= 15 is 0 Å².